The van der Waals surface area contributed by atoms with Gasteiger partial charge < -0.3 is 14.9 Å². The fraction of sp³-hybridized carbons (Fsp3) is 0.182. The molecule has 1 aromatic carbocycles. The van der Waals surface area contributed by atoms with Gasteiger partial charge in [0.1, 0.15) is 5.75 Å². The highest BCUT2D eigenvalue weighted by molar-refractivity contribution is 9.10. The minimum atomic E-state index is -0.572. The minimum absolute atomic E-state index is 0.101. The Morgan fingerprint density at radius 1 is 1.50 bits per heavy atom. The van der Waals surface area contributed by atoms with Crippen molar-refractivity contribution in [3.05, 3.63) is 44.7 Å². The summed E-state index contributed by atoms with van der Waals surface area (Å²) in [5.74, 6) is 0.307. The smallest absolute Gasteiger partial charge is 0.427 e. The number of nitro groups is 1. The molecule has 18 heavy (non-hydrogen) atoms. The van der Waals surface area contributed by atoms with Crippen LogP contribution in [0.3, 0.4) is 0 Å². The number of imidazole rings is 1. The first kappa shape index (κ1) is 12.6. The summed E-state index contributed by atoms with van der Waals surface area (Å²) in [5, 5.41) is 10.8. The molecule has 2 aromatic rings. The van der Waals surface area contributed by atoms with E-state index >= 15 is 0 Å². The van der Waals surface area contributed by atoms with Gasteiger partial charge in [0.05, 0.1) is 4.47 Å². The first-order valence-corrected chi connectivity index (χ1v) is 5.88. The molecule has 7 heteroatoms. The number of hydrogen-bond donors (Lipinski definition) is 0. The van der Waals surface area contributed by atoms with Gasteiger partial charge in [-0.25, -0.2) is 0 Å². The maximum Gasteiger partial charge on any atom is 0.427 e. The van der Waals surface area contributed by atoms with Crippen molar-refractivity contribution in [3.8, 4) is 11.6 Å². The molecule has 0 aliphatic rings. The largest absolute Gasteiger partial charge is 0.432 e. The zero-order valence-electron chi connectivity index (χ0n) is 9.75. The van der Waals surface area contributed by atoms with Crippen molar-refractivity contribution >= 4 is 21.7 Å². The lowest BCUT2D eigenvalue weighted by Crippen LogP contribution is -1.97. The van der Waals surface area contributed by atoms with E-state index in [1.54, 1.807) is 13.1 Å². The van der Waals surface area contributed by atoms with Crippen LogP contribution in [0.2, 0.25) is 0 Å². The second-order valence-corrected chi connectivity index (χ2v) is 4.63. The molecule has 0 radical (unpaired) electrons. The predicted molar refractivity (Wildman–Crippen MR) is 68.8 cm³/mol. The lowest BCUT2D eigenvalue weighted by molar-refractivity contribution is -0.390. The van der Waals surface area contributed by atoms with Gasteiger partial charge in [-0.05, 0) is 50.5 Å². The van der Waals surface area contributed by atoms with E-state index in [2.05, 4.69) is 20.9 Å². The third-order valence-electron chi connectivity index (χ3n) is 2.33. The van der Waals surface area contributed by atoms with Crippen molar-refractivity contribution in [1.82, 2.24) is 9.55 Å². The van der Waals surface area contributed by atoms with Gasteiger partial charge in [-0.3, -0.25) is 4.57 Å². The average Bonchev–Trinajstić information content (AvgIpc) is 2.64. The summed E-state index contributed by atoms with van der Waals surface area (Å²) in [6.07, 6.45) is 1.34. The van der Waals surface area contributed by atoms with E-state index in [-0.39, 0.29) is 11.7 Å². The summed E-state index contributed by atoms with van der Waals surface area (Å²) in [6, 6.07) is 5.48. The quantitative estimate of drug-likeness (QED) is 0.644. The number of benzene rings is 1. The number of rotatable bonds is 3. The van der Waals surface area contributed by atoms with Gasteiger partial charge >= 0.3 is 11.7 Å². The highest BCUT2D eigenvalue weighted by Crippen LogP contribution is 2.34. The molecule has 0 aliphatic heterocycles. The van der Waals surface area contributed by atoms with Crippen molar-refractivity contribution in [1.29, 1.82) is 0 Å². The van der Waals surface area contributed by atoms with Crippen LogP contribution >= 0.6 is 15.9 Å². The Morgan fingerprint density at radius 3 is 2.83 bits per heavy atom. The Hall–Kier alpha value is -1.89. The second-order valence-electron chi connectivity index (χ2n) is 3.78. The number of ether oxygens (including phenoxy) is 1. The number of hydrogen-bond acceptors (Lipinski definition) is 4. The molecular weight excluding hydrogens is 302 g/mol. The third kappa shape index (κ3) is 2.35. The molecule has 94 valence electrons. The van der Waals surface area contributed by atoms with E-state index in [9.17, 15) is 10.1 Å². The molecular formula is C11H10BrN3O3. The van der Waals surface area contributed by atoms with Crippen LogP contribution in [0.4, 0.5) is 5.82 Å². The van der Waals surface area contributed by atoms with Crippen molar-refractivity contribution < 1.29 is 9.66 Å². The second kappa shape index (κ2) is 4.77. The standard InChI is InChI=1S/C11H10BrN3O3/c1-7-3-4-9(8(12)5-7)18-11-10(15(16)17)13-6-14(11)2/h3-6H,1-2H3. The molecule has 0 saturated carbocycles. The van der Waals surface area contributed by atoms with Crippen LogP contribution in [0.15, 0.2) is 29.0 Å². The summed E-state index contributed by atoms with van der Waals surface area (Å²) in [7, 11) is 1.64. The SMILES string of the molecule is Cc1ccc(Oc2c([N+](=O)[O-])ncn2C)c(Br)c1. The van der Waals surface area contributed by atoms with E-state index in [0.29, 0.717) is 5.75 Å². The van der Waals surface area contributed by atoms with Crippen LogP contribution in [0.25, 0.3) is 0 Å². The first-order valence-electron chi connectivity index (χ1n) is 5.08. The van der Waals surface area contributed by atoms with Gasteiger partial charge in [-0.2, -0.15) is 0 Å². The molecule has 0 fully saturated rings. The van der Waals surface area contributed by atoms with Gasteiger partial charge in [-0.15, -0.1) is 0 Å². The van der Waals surface area contributed by atoms with Gasteiger partial charge in [0.15, 0.2) is 0 Å². The fourth-order valence-corrected chi connectivity index (χ4v) is 2.02. The summed E-state index contributed by atoms with van der Waals surface area (Å²) >= 11 is 3.35. The molecule has 0 atom stereocenters. The van der Waals surface area contributed by atoms with Crippen LogP contribution in [0, 0.1) is 17.0 Å². The number of nitrogens with zero attached hydrogens (tertiary/aromatic N) is 3. The Kier molecular flexibility index (Phi) is 3.33. The molecule has 0 unspecified atom stereocenters. The lowest BCUT2D eigenvalue weighted by Gasteiger charge is -2.07. The highest BCUT2D eigenvalue weighted by atomic mass is 79.9. The zero-order chi connectivity index (χ0) is 13.3. The van der Waals surface area contributed by atoms with Gasteiger partial charge in [0.25, 0.3) is 0 Å². The number of halogens is 1. The molecule has 0 saturated heterocycles. The van der Waals surface area contributed by atoms with Gasteiger partial charge in [0.2, 0.25) is 6.33 Å². The Balaban J connectivity index is 2.39. The van der Waals surface area contributed by atoms with Crippen LogP contribution in [0.5, 0.6) is 11.6 Å². The molecule has 1 heterocycles. The summed E-state index contributed by atoms with van der Waals surface area (Å²) < 4.78 is 7.74. The van der Waals surface area contributed by atoms with Crippen molar-refractivity contribution in [2.45, 2.75) is 6.92 Å². The molecule has 6 nitrogen and oxygen atoms in total. The van der Waals surface area contributed by atoms with E-state index in [0.717, 1.165) is 10.0 Å². The lowest BCUT2D eigenvalue weighted by atomic mass is 10.2. The Bertz CT molecular complexity index is 610. The highest BCUT2D eigenvalue weighted by Gasteiger charge is 2.23. The maximum atomic E-state index is 10.8. The van der Waals surface area contributed by atoms with E-state index in [4.69, 9.17) is 4.74 Å². The minimum Gasteiger partial charge on any atom is -0.432 e. The Morgan fingerprint density at radius 2 is 2.22 bits per heavy atom. The molecule has 0 aliphatic carbocycles. The first-order chi connectivity index (χ1) is 8.49. The number of aryl methyl sites for hydroxylation is 2. The van der Waals surface area contributed by atoms with Crippen LogP contribution in [-0.4, -0.2) is 14.5 Å². The zero-order valence-corrected chi connectivity index (χ0v) is 11.3. The molecule has 0 N–H and O–H groups in total. The molecule has 2 rings (SSSR count). The molecule has 1 aromatic heterocycles. The van der Waals surface area contributed by atoms with Crippen LogP contribution in [-0.2, 0) is 7.05 Å². The molecule has 0 amide bonds. The normalized spacial score (nSPS) is 10.4. The van der Waals surface area contributed by atoms with Crippen LogP contribution in [0.1, 0.15) is 5.56 Å². The van der Waals surface area contributed by atoms with Gasteiger partial charge in [0, 0.05) is 7.05 Å². The Labute approximate surface area is 111 Å². The van der Waals surface area contributed by atoms with Crippen molar-refractivity contribution in [2.24, 2.45) is 7.05 Å². The molecule has 0 bridgehead atoms. The monoisotopic (exact) mass is 311 g/mol. The summed E-state index contributed by atoms with van der Waals surface area (Å²) in [4.78, 5) is 13.9. The maximum absolute atomic E-state index is 10.8. The third-order valence-corrected chi connectivity index (χ3v) is 2.95. The summed E-state index contributed by atoms with van der Waals surface area (Å²) in [5.41, 5.74) is 1.06. The summed E-state index contributed by atoms with van der Waals surface area (Å²) in [6.45, 7) is 1.95. The predicted octanol–water partition coefficient (Wildman–Crippen LogP) is 3.19. The van der Waals surface area contributed by atoms with Gasteiger partial charge in [-0.1, -0.05) is 6.07 Å². The topological polar surface area (TPSA) is 70.2 Å². The van der Waals surface area contributed by atoms with Crippen molar-refractivity contribution in [3.63, 3.8) is 0 Å². The fourth-order valence-electron chi connectivity index (χ4n) is 1.44. The van der Waals surface area contributed by atoms with E-state index < -0.39 is 4.92 Å². The van der Waals surface area contributed by atoms with Crippen molar-refractivity contribution in [2.75, 3.05) is 0 Å². The van der Waals surface area contributed by atoms with Crippen LogP contribution < -0.4 is 4.74 Å². The average molecular weight is 312 g/mol. The van der Waals surface area contributed by atoms with E-state index in [1.165, 1.54) is 10.9 Å². The van der Waals surface area contributed by atoms with E-state index in [1.807, 2.05) is 19.1 Å². The number of aromatic nitrogens is 2. The molecule has 0 spiro atoms.